The first-order chi connectivity index (χ1) is 9.06. The molecule has 1 aliphatic rings. The summed E-state index contributed by atoms with van der Waals surface area (Å²) in [4.78, 5) is 35.3. The van der Waals surface area contributed by atoms with Crippen molar-refractivity contribution in [3.8, 4) is 0 Å². The molecule has 1 fully saturated rings. The van der Waals surface area contributed by atoms with Crippen molar-refractivity contribution in [2.75, 3.05) is 13.2 Å². The highest BCUT2D eigenvalue weighted by atomic mass is 16.5. The number of amides is 1. The fraction of sp³-hybridized carbons (Fsp3) is 0.583. The van der Waals surface area contributed by atoms with Gasteiger partial charge in [0.1, 0.15) is 0 Å². The number of hydrogen-bond donors (Lipinski definition) is 1. The smallest absolute Gasteiger partial charge is 0.375 e. The number of esters is 2. The molecule has 0 spiro atoms. The molecule has 106 valence electrons. The number of hydrogen-bond acceptors (Lipinski definition) is 6. The summed E-state index contributed by atoms with van der Waals surface area (Å²) in [7, 11) is 0. The molecule has 7 nitrogen and oxygen atoms in total. The van der Waals surface area contributed by atoms with Crippen LogP contribution >= 0.6 is 0 Å². The Morgan fingerprint density at radius 2 is 1.74 bits per heavy atom. The summed E-state index contributed by atoms with van der Waals surface area (Å²) in [6.07, 6.45) is 1.81. The summed E-state index contributed by atoms with van der Waals surface area (Å²) in [5.41, 5.74) is -0.460. The molecule has 0 radical (unpaired) electrons. The van der Waals surface area contributed by atoms with Crippen molar-refractivity contribution in [2.24, 2.45) is 0 Å². The highest BCUT2D eigenvalue weighted by molar-refractivity contribution is 5.99. The molecular formula is C12H17NO6. The number of rotatable bonds is 7. The van der Waals surface area contributed by atoms with Crippen molar-refractivity contribution in [1.82, 2.24) is 4.90 Å². The Morgan fingerprint density at radius 3 is 2.16 bits per heavy atom. The van der Waals surface area contributed by atoms with Crippen molar-refractivity contribution < 1.29 is 29.0 Å². The van der Waals surface area contributed by atoms with Crippen molar-refractivity contribution in [3.63, 3.8) is 0 Å². The van der Waals surface area contributed by atoms with Crippen LogP contribution in [0.1, 0.15) is 26.7 Å². The van der Waals surface area contributed by atoms with Gasteiger partial charge in [0.05, 0.1) is 13.2 Å². The van der Waals surface area contributed by atoms with E-state index in [2.05, 4.69) is 4.74 Å². The molecule has 0 aliphatic heterocycles. The standard InChI is InChI=1S/C12H17NO6/c1-3-18-11(16)9(10(15)12(17)19-4-2)13(7-14)8-5-6-8/h7-8,15H,3-6H2,1-2H3. The van der Waals surface area contributed by atoms with Crippen LogP contribution in [-0.4, -0.2) is 47.6 Å². The van der Waals surface area contributed by atoms with Gasteiger partial charge in [-0.2, -0.15) is 0 Å². The van der Waals surface area contributed by atoms with E-state index in [-0.39, 0.29) is 19.3 Å². The third kappa shape index (κ3) is 3.70. The molecular weight excluding hydrogens is 254 g/mol. The molecule has 0 aromatic rings. The number of carbonyl (C=O) groups is 3. The molecule has 1 rings (SSSR count). The van der Waals surface area contributed by atoms with Gasteiger partial charge < -0.3 is 19.5 Å². The van der Waals surface area contributed by atoms with Crippen LogP contribution in [0.5, 0.6) is 0 Å². The Bertz CT molecular complexity index is 399. The van der Waals surface area contributed by atoms with E-state index in [9.17, 15) is 19.5 Å². The molecule has 1 N–H and O–H groups in total. The zero-order valence-corrected chi connectivity index (χ0v) is 10.9. The summed E-state index contributed by atoms with van der Waals surface area (Å²) >= 11 is 0. The van der Waals surface area contributed by atoms with Gasteiger partial charge in [0.2, 0.25) is 12.2 Å². The number of carbonyl (C=O) groups excluding carboxylic acids is 3. The Kier molecular flexibility index (Phi) is 5.35. The Labute approximate surface area is 110 Å². The van der Waals surface area contributed by atoms with Gasteiger partial charge in [0, 0.05) is 6.04 Å². The average molecular weight is 271 g/mol. The average Bonchev–Trinajstić information content (AvgIpc) is 3.19. The summed E-state index contributed by atoms with van der Waals surface area (Å²) in [6, 6.07) is -0.187. The molecule has 1 amide bonds. The fourth-order valence-electron chi connectivity index (χ4n) is 1.49. The lowest BCUT2D eigenvalue weighted by Gasteiger charge is -2.19. The van der Waals surface area contributed by atoms with Crippen LogP contribution in [0.2, 0.25) is 0 Å². The summed E-state index contributed by atoms with van der Waals surface area (Å²) < 4.78 is 9.36. The third-order valence-electron chi connectivity index (χ3n) is 2.47. The molecule has 1 saturated carbocycles. The summed E-state index contributed by atoms with van der Waals surface area (Å²) in [6.45, 7) is 3.26. The predicted octanol–water partition coefficient (Wildman–Crippen LogP) is 0.503. The van der Waals surface area contributed by atoms with Gasteiger partial charge in [0.15, 0.2) is 5.70 Å². The highest BCUT2D eigenvalue weighted by Crippen LogP contribution is 2.30. The van der Waals surface area contributed by atoms with E-state index >= 15 is 0 Å². The minimum atomic E-state index is -1.06. The van der Waals surface area contributed by atoms with Gasteiger partial charge in [-0.25, -0.2) is 9.59 Å². The van der Waals surface area contributed by atoms with Crippen LogP contribution in [0.4, 0.5) is 0 Å². The van der Waals surface area contributed by atoms with Crippen molar-refractivity contribution in [1.29, 1.82) is 0 Å². The van der Waals surface area contributed by atoms with Gasteiger partial charge >= 0.3 is 11.9 Å². The van der Waals surface area contributed by atoms with E-state index in [1.807, 2.05) is 0 Å². The summed E-state index contributed by atoms with van der Waals surface area (Å²) in [5, 5.41) is 9.79. The van der Waals surface area contributed by atoms with E-state index in [1.54, 1.807) is 13.8 Å². The maximum atomic E-state index is 11.8. The largest absolute Gasteiger partial charge is 0.500 e. The third-order valence-corrected chi connectivity index (χ3v) is 2.47. The van der Waals surface area contributed by atoms with Crippen molar-refractivity contribution >= 4 is 18.3 Å². The molecule has 0 heterocycles. The number of nitrogens with zero attached hydrogens (tertiary/aromatic N) is 1. The fourth-order valence-corrected chi connectivity index (χ4v) is 1.49. The maximum absolute atomic E-state index is 11.8. The first kappa shape index (κ1) is 15.0. The number of aliphatic hydroxyl groups is 1. The second kappa shape index (κ2) is 6.77. The monoisotopic (exact) mass is 271 g/mol. The highest BCUT2D eigenvalue weighted by Gasteiger charge is 2.37. The lowest BCUT2D eigenvalue weighted by atomic mass is 10.3. The molecule has 0 unspecified atom stereocenters. The normalized spacial score (nSPS) is 15.3. The van der Waals surface area contributed by atoms with Crippen LogP contribution in [0.3, 0.4) is 0 Å². The summed E-state index contributed by atoms with van der Waals surface area (Å²) in [5.74, 6) is -2.88. The van der Waals surface area contributed by atoms with Gasteiger partial charge in [0.25, 0.3) is 0 Å². The number of ether oxygens (including phenoxy) is 2. The van der Waals surface area contributed by atoms with Gasteiger partial charge in [-0.1, -0.05) is 0 Å². The van der Waals surface area contributed by atoms with E-state index in [1.165, 1.54) is 0 Å². The molecule has 0 aromatic heterocycles. The van der Waals surface area contributed by atoms with Crippen LogP contribution in [0.25, 0.3) is 0 Å². The van der Waals surface area contributed by atoms with E-state index in [0.29, 0.717) is 19.3 Å². The van der Waals surface area contributed by atoms with Crippen LogP contribution < -0.4 is 0 Å². The van der Waals surface area contributed by atoms with Gasteiger partial charge in [-0.05, 0) is 26.7 Å². The van der Waals surface area contributed by atoms with Crippen molar-refractivity contribution in [2.45, 2.75) is 32.7 Å². The Hall–Kier alpha value is -2.05. The van der Waals surface area contributed by atoms with Crippen LogP contribution in [0.15, 0.2) is 11.5 Å². The lowest BCUT2D eigenvalue weighted by molar-refractivity contribution is -0.146. The van der Waals surface area contributed by atoms with E-state index in [0.717, 1.165) is 4.90 Å². The minimum absolute atomic E-state index is 0.0452. The van der Waals surface area contributed by atoms with Crippen molar-refractivity contribution in [3.05, 3.63) is 11.5 Å². The van der Waals surface area contributed by atoms with E-state index in [4.69, 9.17) is 4.74 Å². The maximum Gasteiger partial charge on any atom is 0.375 e. The zero-order chi connectivity index (χ0) is 14.4. The van der Waals surface area contributed by atoms with E-state index < -0.39 is 23.4 Å². The predicted molar refractivity (Wildman–Crippen MR) is 63.8 cm³/mol. The second-order valence-electron chi connectivity index (χ2n) is 3.88. The van der Waals surface area contributed by atoms with Gasteiger partial charge in [-0.3, -0.25) is 4.79 Å². The minimum Gasteiger partial charge on any atom is -0.500 e. The topological polar surface area (TPSA) is 93.1 Å². The van der Waals surface area contributed by atoms with Gasteiger partial charge in [-0.15, -0.1) is 0 Å². The molecule has 0 bridgehead atoms. The molecule has 0 aromatic carbocycles. The SMILES string of the molecule is CCOC(=O)C(O)=C(C(=O)OCC)N(C=O)C1CC1. The van der Waals surface area contributed by atoms with Crippen LogP contribution in [0, 0.1) is 0 Å². The molecule has 7 heteroatoms. The Balaban J connectivity index is 3.08. The first-order valence-corrected chi connectivity index (χ1v) is 6.07. The first-order valence-electron chi connectivity index (χ1n) is 6.07. The molecule has 0 atom stereocenters. The molecule has 1 aliphatic carbocycles. The molecule has 0 saturated heterocycles. The van der Waals surface area contributed by atoms with Crippen LogP contribution in [-0.2, 0) is 23.9 Å². The lowest BCUT2D eigenvalue weighted by Crippen LogP contribution is -2.32. The quantitative estimate of drug-likeness (QED) is 0.314. The molecule has 19 heavy (non-hydrogen) atoms. The number of aliphatic hydroxyl groups excluding tert-OH is 1. The second-order valence-corrected chi connectivity index (χ2v) is 3.88. The zero-order valence-electron chi connectivity index (χ0n) is 10.9. The Morgan fingerprint density at radius 1 is 1.21 bits per heavy atom.